The lowest BCUT2D eigenvalue weighted by atomic mass is 10.4. The molecule has 3 rings (SSSR count). The maximum atomic E-state index is 11.8. The molecule has 0 aliphatic rings. The van der Waals surface area contributed by atoms with Crippen LogP contribution in [-0.2, 0) is 6.54 Å². The molecular weight excluding hydrogens is 292 g/mol. The maximum absolute atomic E-state index is 11.8. The number of aryl methyl sites for hydroxylation is 2. The normalized spacial score (nSPS) is 11.2. The Balaban J connectivity index is 1.60. The molecule has 0 saturated carbocycles. The van der Waals surface area contributed by atoms with Crippen LogP contribution in [0.25, 0.3) is 10.2 Å². The number of fused-ring (bicyclic) bond motifs is 1. The molecule has 0 bridgehead atoms. The summed E-state index contributed by atoms with van der Waals surface area (Å²) in [7, 11) is 0. The highest BCUT2D eigenvalue weighted by molar-refractivity contribution is 7.99. The Morgan fingerprint density at radius 2 is 2.40 bits per heavy atom. The minimum absolute atomic E-state index is 0.0517. The zero-order valence-electron chi connectivity index (χ0n) is 11.0. The molecule has 0 aliphatic carbocycles. The number of imidazole rings is 1. The highest BCUT2D eigenvalue weighted by atomic mass is 32.2. The van der Waals surface area contributed by atoms with Crippen LogP contribution in [0.5, 0.6) is 0 Å². The molecule has 7 heteroatoms. The van der Waals surface area contributed by atoms with Crippen molar-refractivity contribution in [2.45, 2.75) is 25.0 Å². The predicted molar refractivity (Wildman–Crippen MR) is 82.5 cm³/mol. The van der Waals surface area contributed by atoms with Gasteiger partial charge in [0.15, 0.2) is 5.16 Å². The van der Waals surface area contributed by atoms with Crippen LogP contribution in [0.2, 0.25) is 0 Å². The fourth-order valence-corrected chi connectivity index (χ4v) is 3.57. The van der Waals surface area contributed by atoms with Gasteiger partial charge in [0, 0.05) is 24.7 Å². The number of rotatable bonds is 5. The van der Waals surface area contributed by atoms with Gasteiger partial charge in [-0.3, -0.25) is 4.79 Å². The second-order valence-corrected chi connectivity index (χ2v) is 6.36. The molecule has 3 heterocycles. The minimum atomic E-state index is -0.0517. The largest absolute Gasteiger partial charge is 0.335 e. The van der Waals surface area contributed by atoms with Crippen molar-refractivity contribution in [3.05, 3.63) is 40.0 Å². The number of hydrogen-bond acceptors (Lipinski definition) is 5. The molecule has 1 N–H and O–H groups in total. The number of thiophene rings is 1. The van der Waals surface area contributed by atoms with Gasteiger partial charge in [-0.05, 0) is 24.8 Å². The third kappa shape index (κ3) is 2.78. The van der Waals surface area contributed by atoms with Gasteiger partial charge >= 0.3 is 0 Å². The number of aromatic amines is 1. The topological polar surface area (TPSA) is 63.6 Å². The Kier molecular flexibility index (Phi) is 3.88. The Morgan fingerprint density at radius 1 is 1.50 bits per heavy atom. The highest BCUT2D eigenvalue weighted by Gasteiger charge is 2.05. The molecule has 5 nitrogen and oxygen atoms in total. The van der Waals surface area contributed by atoms with Gasteiger partial charge in [0.05, 0.1) is 5.39 Å². The summed E-state index contributed by atoms with van der Waals surface area (Å²) in [4.78, 5) is 24.1. The van der Waals surface area contributed by atoms with E-state index in [0.29, 0.717) is 10.5 Å². The molecule has 0 fully saturated rings. The first-order valence-electron chi connectivity index (χ1n) is 6.32. The Labute approximate surface area is 124 Å². The first-order chi connectivity index (χ1) is 9.74. The predicted octanol–water partition coefficient (Wildman–Crippen LogP) is 2.67. The summed E-state index contributed by atoms with van der Waals surface area (Å²) in [6.07, 6.45) is 4.80. The van der Waals surface area contributed by atoms with Gasteiger partial charge < -0.3 is 9.55 Å². The quantitative estimate of drug-likeness (QED) is 0.447. The van der Waals surface area contributed by atoms with Crippen molar-refractivity contribution < 1.29 is 0 Å². The second kappa shape index (κ2) is 5.80. The summed E-state index contributed by atoms with van der Waals surface area (Å²) in [5, 5.41) is 3.27. The molecule has 20 heavy (non-hydrogen) atoms. The number of hydrogen-bond donors (Lipinski definition) is 1. The third-order valence-corrected chi connectivity index (χ3v) is 4.78. The SMILES string of the molecule is Cc1nccn1CCCSc1nc2sccc2c(=O)[nH]1. The second-order valence-electron chi connectivity index (χ2n) is 4.38. The average molecular weight is 306 g/mol. The highest BCUT2D eigenvalue weighted by Crippen LogP contribution is 2.19. The number of nitrogens with zero attached hydrogens (tertiary/aromatic N) is 3. The fourth-order valence-electron chi connectivity index (χ4n) is 1.96. The maximum Gasteiger partial charge on any atom is 0.260 e. The molecule has 0 saturated heterocycles. The van der Waals surface area contributed by atoms with E-state index in [0.717, 1.165) is 29.4 Å². The molecule has 0 aliphatic heterocycles. The molecule has 0 radical (unpaired) electrons. The lowest BCUT2D eigenvalue weighted by Gasteiger charge is -2.04. The molecule has 3 aromatic heterocycles. The summed E-state index contributed by atoms with van der Waals surface area (Å²) in [6, 6.07) is 1.81. The van der Waals surface area contributed by atoms with E-state index in [1.807, 2.05) is 30.8 Å². The summed E-state index contributed by atoms with van der Waals surface area (Å²) in [5.74, 6) is 1.94. The van der Waals surface area contributed by atoms with E-state index in [1.165, 1.54) is 11.3 Å². The van der Waals surface area contributed by atoms with Crippen LogP contribution in [0.4, 0.5) is 0 Å². The van der Waals surface area contributed by atoms with Crippen molar-refractivity contribution in [1.29, 1.82) is 0 Å². The number of H-pyrrole nitrogens is 1. The van der Waals surface area contributed by atoms with E-state index in [9.17, 15) is 4.79 Å². The first kappa shape index (κ1) is 13.4. The summed E-state index contributed by atoms with van der Waals surface area (Å²) >= 11 is 3.08. The molecule has 0 spiro atoms. The van der Waals surface area contributed by atoms with Gasteiger partial charge in [0.25, 0.3) is 5.56 Å². The van der Waals surface area contributed by atoms with E-state index in [2.05, 4.69) is 19.5 Å². The van der Waals surface area contributed by atoms with E-state index in [-0.39, 0.29) is 5.56 Å². The number of thioether (sulfide) groups is 1. The van der Waals surface area contributed by atoms with Gasteiger partial charge in [0.1, 0.15) is 10.7 Å². The van der Waals surface area contributed by atoms with Gasteiger partial charge in [-0.2, -0.15) is 0 Å². The van der Waals surface area contributed by atoms with E-state index in [1.54, 1.807) is 11.8 Å². The zero-order valence-corrected chi connectivity index (χ0v) is 12.6. The molecule has 104 valence electrons. The van der Waals surface area contributed by atoms with Crippen LogP contribution in [0, 0.1) is 6.92 Å². The molecule has 3 aromatic rings. The van der Waals surface area contributed by atoms with Gasteiger partial charge in [-0.15, -0.1) is 11.3 Å². The van der Waals surface area contributed by atoms with Crippen molar-refractivity contribution in [1.82, 2.24) is 19.5 Å². The van der Waals surface area contributed by atoms with E-state index >= 15 is 0 Å². The summed E-state index contributed by atoms with van der Waals surface area (Å²) in [5.41, 5.74) is -0.0517. The van der Waals surface area contributed by atoms with Crippen molar-refractivity contribution in [2.75, 3.05) is 5.75 Å². The molecule has 0 aromatic carbocycles. The van der Waals surface area contributed by atoms with Crippen molar-refractivity contribution in [3.63, 3.8) is 0 Å². The number of aromatic nitrogens is 4. The van der Waals surface area contributed by atoms with E-state index in [4.69, 9.17) is 0 Å². The summed E-state index contributed by atoms with van der Waals surface area (Å²) in [6.45, 7) is 2.93. The molecule has 0 unspecified atom stereocenters. The standard InChI is InChI=1S/C13H14N4OS2/c1-9-14-4-6-17(9)5-2-7-20-13-15-11(18)10-3-8-19-12(10)16-13/h3-4,6,8H,2,5,7H2,1H3,(H,15,16,18). The minimum Gasteiger partial charge on any atom is -0.335 e. The Hall–Kier alpha value is -1.60. The lowest BCUT2D eigenvalue weighted by Crippen LogP contribution is -2.08. The van der Waals surface area contributed by atoms with Crippen molar-refractivity contribution in [3.8, 4) is 0 Å². The smallest absolute Gasteiger partial charge is 0.260 e. The zero-order chi connectivity index (χ0) is 13.9. The monoisotopic (exact) mass is 306 g/mol. The van der Waals surface area contributed by atoms with Crippen LogP contribution < -0.4 is 5.56 Å². The van der Waals surface area contributed by atoms with Gasteiger partial charge in [0.2, 0.25) is 0 Å². The molecule has 0 atom stereocenters. The van der Waals surface area contributed by atoms with Crippen LogP contribution in [0.3, 0.4) is 0 Å². The summed E-state index contributed by atoms with van der Waals surface area (Å²) < 4.78 is 2.12. The Bertz CT molecular complexity index is 774. The fraction of sp³-hybridized carbons (Fsp3) is 0.308. The van der Waals surface area contributed by atoms with Crippen LogP contribution in [0.15, 0.2) is 33.8 Å². The third-order valence-electron chi connectivity index (χ3n) is 3.02. The Morgan fingerprint density at radius 3 is 3.20 bits per heavy atom. The molecular formula is C13H14N4OS2. The van der Waals surface area contributed by atoms with Crippen molar-refractivity contribution in [2.24, 2.45) is 0 Å². The van der Waals surface area contributed by atoms with Crippen LogP contribution in [0.1, 0.15) is 12.2 Å². The van der Waals surface area contributed by atoms with Crippen molar-refractivity contribution >= 4 is 33.3 Å². The molecule has 0 amide bonds. The van der Waals surface area contributed by atoms with E-state index < -0.39 is 0 Å². The van der Waals surface area contributed by atoms with Gasteiger partial charge in [-0.1, -0.05) is 11.8 Å². The van der Waals surface area contributed by atoms with Crippen LogP contribution >= 0.6 is 23.1 Å². The van der Waals surface area contributed by atoms with Gasteiger partial charge in [-0.25, -0.2) is 9.97 Å². The van der Waals surface area contributed by atoms with Crippen LogP contribution in [-0.4, -0.2) is 25.3 Å². The average Bonchev–Trinajstić information content (AvgIpc) is 3.04. The lowest BCUT2D eigenvalue weighted by molar-refractivity contribution is 0.662. The number of nitrogens with one attached hydrogen (secondary N) is 1. The first-order valence-corrected chi connectivity index (χ1v) is 8.18.